The molecule has 86 valence electrons. The first-order chi connectivity index (χ1) is 7.76. The summed E-state index contributed by atoms with van der Waals surface area (Å²) in [5.74, 6) is 0.254. The topological polar surface area (TPSA) is 35.5 Å². The number of rotatable bonds is 6. The van der Waals surface area contributed by atoms with Gasteiger partial charge < -0.3 is 9.47 Å². The fourth-order valence-electron chi connectivity index (χ4n) is 1.01. The number of halogens is 1. The zero-order valence-electron chi connectivity index (χ0n) is 8.82. The van der Waals surface area contributed by atoms with E-state index >= 15 is 0 Å². The Labute approximate surface area is 103 Å². The lowest BCUT2D eigenvalue weighted by molar-refractivity contribution is -0.144. The molecule has 0 atom stereocenters. The van der Waals surface area contributed by atoms with Gasteiger partial charge >= 0.3 is 5.97 Å². The third-order valence-electron chi connectivity index (χ3n) is 1.80. The van der Waals surface area contributed by atoms with Crippen molar-refractivity contribution < 1.29 is 14.3 Å². The second kappa shape index (κ2) is 7.06. The van der Waals surface area contributed by atoms with E-state index in [9.17, 15) is 4.79 Å². The van der Waals surface area contributed by atoms with Gasteiger partial charge in [0.25, 0.3) is 0 Å². The Kier molecular flexibility index (Phi) is 5.64. The second-order valence-corrected chi connectivity index (χ2v) is 3.60. The zero-order chi connectivity index (χ0) is 11.8. The van der Waals surface area contributed by atoms with Crippen LogP contribution in [0.4, 0.5) is 0 Å². The minimum absolute atomic E-state index is 0.0818. The molecular weight excluding hydrogens is 272 g/mol. The van der Waals surface area contributed by atoms with Gasteiger partial charge in [0.05, 0.1) is 0 Å². The molecule has 0 saturated heterocycles. The predicted molar refractivity (Wildman–Crippen MR) is 65.7 cm³/mol. The molecule has 0 heterocycles. The number of esters is 1. The molecule has 4 heteroatoms. The van der Waals surface area contributed by atoms with Gasteiger partial charge in [-0.1, -0.05) is 40.7 Å². The van der Waals surface area contributed by atoms with Crippen molar-refractivity contribution in [2.75, 3.05) is 13.2 Å². The molecule has 0 aromatic heterocycles. The maximum Gasteiger partial charge on any atom is 0.344 e. The van der Waals surface area contributed by atoms with E-state index < -0.39 is 5.97 Å². The number of alkyl halides is 1. The molecule has 0 aliphatic carbocycles. The van der Waals surface area contributed by atoms with Crippen molar-refractivity contribution >= 4 is 21.9 Å². The lowest BCUT2D eigenvalue weighted by Gasteiger charge is -2.06. The monoisotopic (exact) mass is 284 g/mol. The molecule has 0 amide bonds. The summed E-state index contributed by atoms with van der Waals surface area (Å²) in [6.45, 7) is 3.58. The molecule has 3 nitrogen and oxygen atoms in total. The predicted octanol–water partition coefficient (Wildman–Crippen LogP) is 2.69. The molecule has 0 aliphatic heterocycles. The van der Waals surface area contributed by atoms with Crippen LogP contribution in [0.3, 0.4) is 0 Å². The van der Waals surface area contributed by atoms with Crippen LogP contribution in [0.15, 0.2) is 36.9 Å². The molecule has 16 heavy (non-hydrogen) atoms. The van der Waals surface area contributed by atoms with Crippen LogP contribution < -0.4 is 4.74 Å². The summed E-state index contributed by atoms with van der Waals surface area (Å²) < 4.78 is 10.0. The number of carbonyl (C=O) groups excluding carboxylic acids is 1. The van der Waals surface area contributed by atoms with Crippen LogP contribution in [0, 0.1) is 0 Å². The Hall–Kier alpha value is -1.29. The Bertz CT molecular complexity index is 346. The molecule has 0 radical (unpaired) electrons. The lowest BCUT2D eigenvalue weighted by Crippen LogP contribution is -2.14. The summed E-state index contributed by atoms with van der Waals surface area (Å²) in [7, 11) is 0. The first kappa shape index (κ1) is 12.8. The van der Waals surface area contributed by atoms with Crippen molar-refractivity contribution in [3.05, 3.63) is 42.5 Å². The summed E-state index contributed by atoms with van der Waals surface area (Å²) >= 11 is 3.35. The van der Waals surface area contributed by atoms with E-state index in [1.165, 1.54) is 6.08 Å². The van der Waals surface area contributed by atoms with E-state index in [2.05, 4.69) is 22.5 Å². The number of carbonyl (C=O) groups is 1. The maximum atomic E-state index is 11.1. The van der Waals surface area contributed by atoms with Crippen LogP contribution in [0.2, 0.25) is 0 Å². The lowest BCUT2D eigenvalue weighted by atomic mass is 10.2. The van der Waals surface area contributed by atoms with Gasteiger partial charge in [0.1, 0.15) is 12.4 Å². The first-order valence-corrected chi connectivity index (χ1v) is 5.92. The van der Waals surface area contributed by atoms with Gasteiger partial charge in [0.2, 0.25) is 0 Å². The van der Waals surface area contributed by atoms with Gasteiger partial charge in [-0.3, -0.25) is 0 Å². The molecule has 0 saturated carbocycles. The molecule has 1 aromatic carbocycles. The molecule has 0 unspecified atom stereocenters. The summed E-state index contributed by atoms with van der Waals surface area (Å²) in [5, 5.41) is 0.800. The van der Waals surface area contributed by atoms with Crippen molar-refractivity contribution in [1.82, 2.24) is 0 Å². The van der Waals surface area contributed by atoms with Crippen LogP contribution in [0.5, 0.6) is 5.75 Å². The first-order valence-electron chi connectivity index (χ1n) is 4.80. The number of benzene rings is 1. The molecule has 0 aliphatic rings. The fourth-order valence-corrected chi connectivity index (χ4v) is 1.38. The van der Waals surface area contributed by atoms with E-state index in [1.54, 1.807) is 0 Å². The molecule has 0 bridgehead atoms. The van der Waals surface area contributed by atoms with Gasteiger partial charge in [-0.2, -0.15) is 0 Å². The Morgan fingerprint density at radius 3 is 2.62 bits per heavy atom. The third kappa shape index (κ3) is 4.49. The van der Waals surface area contributed by atoms with E-state index in [0.29, 0.717) is 5.75 Å². The Balaban J connectivity index is 2.36. The highest BCUT2D eigenvalue weighted by Gasteiger charge is 2.02. The molecule has 0 N–H and O–H groups in total. The smallest absolute Gasteiger partial charge is 0.344 e. The minimum atomic E-state index is -0.399. The highest BCUT2D eigenvalue weighted by atomic mass is 79.9. The fraction of sp³-hybridized carbons (Fsp3) is 0.250. The SMILES string of the molecule is C=CCOC(=O)COc1ccc(CBr)cc1. The van der Waals surface area contributed by atoms with Crippen molar-refractivity contribution in [3.8, 4) is 5.75 Å². The summed E-state index contributed by atoms with van der Waals surface area (Å²) in [4.78, 5) is 11.1. The Morgan fingerprint density at radius 1 is 1.38 bits per heavy atom. The quantitative estimate of drug-likeness (QED) is 0.458. The van der Waals surface area contributed by atoms with Crippen LogP contribution in [0.1, 0.15) is 5.56 Å². The molecule has 0 fully saturated rings. The van der Waals surface area contributed by atoms with Gasteiger partial charge in [-0.05, 0) is 17.7 Å². The van der Waals surface area contributed by atoms with E-state index in [4.69, 9.17) is 9.47 Å². The van der Waals surface area contributed by atoms with Crippen LogP contribution in [0.25, 0.3) is 0 Å². The van der Waals surface area contributed by atoms with Crippen LogP contribution in [-0.4, -0.2) is 19.2 Å². The van der Waals surface area contributed by atoms with Crippen molar-refractivity contribution in [2.45, 2.75) is 5.33 Å². The van der Waals surface area contributed by atoms with E-state index in [1.807, 2.05) is 24.3 Å². The summed E-state index contributed by atoms with van der Waals surface area (Å²) in [6, 6.07) is 7.49. The Morgan fingerprint density at radius 2 is 2.06 bits per heavy atom. The highest BCUT2D eigenvalue weighted by molar-refractivity contribution is 9.08. The standard InChI is InChI=1S/C12H13BrO3/c1-2-7-15-12(14)9-16-11-5-3-10(8-13)4-6-11/h2-6H,1,7-9H2. The molecule has 1 aromatic rings. The molecule has 0 spiro atoms. The molecule has 1 rings (SSSR count). The van der Waals surface area contributed by atoms with E-state index in [-0.39, 0.29) is 13.2 Å². The van der Waals surface area contributed by atoms with Crippen molar-refractivity contribution in [2.24, 2.45) is 0 Å². The van der Waals surface area contributed by atoms with Crippen molar-refractivity contribution in [1.29, 1.82) is 0 Å². The van der Waals surface area contributed by atoms with Crippen LogP contribution >= 0.6 is 15.9 Å². The average molecular weight is 285 g/mol. The number of hydrogen-bond donors (Lipinski definition) is 0. The van der Waals surface area contributed by atoms with Gasteiger partial charge in [0, 0.05) is 5.33 Å². The van der Waals surface area contributed by atoms with Gasteiger partial charge in [-0.15, -0.1) is 0 Å². The van der Waals surface area contributed by atoms with E-state index in [0.717, 1.165) is 10.9 Å². The number of ether oxygens (including phenoxy) is 2. The van der Waals surface area contributed by atoms with Crippen molar-refractivity contribution in [3.63, 3.8) is 0 Å². The zero-order valence-corrected chi connectivity index (χ0v) is 10.4. The largest absolute Gasteiger partial charge is 0.482 e. The summed E-state index contributed by atoms with van der Waals surface area (Å²) in [6.07, 6.45) is 1.52. The third-order valence-corrected chi connectivity index (χ3v) is 2.44. The van der Waals surface area contributed by atoms with Gasteiger partial charge in [0.15, 0.2) is 6.61 Å². The van der Waals surface area contributed by atoms with Gasteiger partial charge in [-0.25, -0.2) is 4.79 Å². The number of hydrogen-bond acceptors (Lipinski definition) is 3. The highest BCUT2D eigenvalue weighted by Crippen LogP contribution is 2.13. The molecular formula is C12H13BrO3. The average Bonchev–Trinajstić information content (AvgIpc) is 2.34. The normalized spacial score (nSPS) is 9.56. The second-order valence-electron chi connectivity index (χ2n) is 3.04. The maximum absolute atomic E-state index is 11.1. The van der Waals surface area contributed by atoms with Crippen LogP contribution in [-0.2, 0) is 14.9 Å². The summed E-state index contributed by atoms with van der Waals surface area (Å²) in [5.41, 5.74) is 1.15. The minimum Gasteiger partial charge on any atom is -0.482 e.